The van der Waals surface area contributed by atoms with Crippen LogP contribution in [0.5, 0.6) is 0 Å². The van der Waals surface area contributed by atoms with Crippen molar-refractivity contribution in [2.75, 3.05) is 6.61 Å². The van der Waals surface area contributed by atoms with Gasteiger partial charge in [-0.2, -0.15) is 8.78 Å². The van der Waals surface area contributed by atoms with Gasteiger partial charge in [0.1, 0.15) is 6.54 Å². The Labute approximate surface area is 123 Å². The topological polar surface area (TPSA) is 106 Å². The molecular weight excluding hydrogens is 331 g/mol. The second-order valence-electron chi connectivity index (χ2n) is 4.20. The molecule has 124 valence electrons. The van der Waals surface area contributed by atoms with Crippen molar-refractivity contribution >= 4 is 16.1 Å². The van der Waals surface area contributed by atoms with Crippen molar-refractivity contribution in [3.63, 3.8) is 0 Å². The second-order valence-corrected chi connectivity index (χ2v) is 5.65. The van der Waals surface area contributed by atoms with Gasteiger partial charge < -0.3 is 13.9 Å². The third kappa shape index (κ3) is 4.84. The summed E-state index contributed by atoms with van der Waals surface area (Å²) in [6.45, 7) is -1.18. The molecule has 0 spiro atoms. The molecule has 0 aliphatic rings. The Morgan fingerprint density at radius 3 is 2.41 bits per heavy atom. The van der Waals surface area contributed by atoms with Gasteiger partial charge in [0.05, 0.1) is 6.61 Å². The molecule has 0 saturated carbocycles. The van der Waals surface area contributed by atoms with Crippen molar-refractivity contribution in [3.8, 4) is 0 Å². The van der Waals surface area contributed by atoms with Crippen molar-refractivity contribution in [2.45, 2.75) is 24.4 Å². The molecule has 0 bridgehead atoms. The molecule has 1 atom stereocenters. The van der Waals surface area contributed by atoms with Crippen LogP contribution in [0, 0.1) is 0 Å². The van der Waals surface area contributed by atoms with Crippen LogP contribution >= 0.6 is 0 Å². The predicted octanol–water partition coefficient (Wildman–Crippen LogP) is 0.258. The first-order chi connectivity index (χ1) is 10.0. The number of aromatic nitrogens is 1. The van der Waals surface area contributed by atoms with Gasteiger partial charge in [-0.3, -0.25) is 9.59 Å². The van der Waals surface area contributed by atoms with Crippen LogP contribution in [0.4, 0.5) is 13.2 Å². The zero-order chi connectivity index (χ0) is 17.0. The van der Waals surface area contributed by atoms with Gasteiger partial charge in [-0.1, -0.05) is 0 Å². The van der Waals surface area contributed by atoms with Crippen LogP contribution in [0.1, 0.15) is 6.42 Å². The number of halogens is 3. The summed E-state index contributed by atoms with van der Waals surface area (Å²) in [5.41, 5.74) is -0.286. The van der Waals surface area contributed by atoms with E-state index >= 15 is 0 Å². The number of alkyl halides is 3. The summed E-state index contributed by atoms with van der Waals surface area (Å²) >= 11 is 0. The molecule has 0 fully saturated rings. The van der Waals surface area contributed by atoms with Crippen molar-refractivity contribution < 1.29 is 35.7 Å². The molecule has 1 unspecified atom stereocenters. The summed E-state index contributed by atoms with van der Waals surface area (Å²) in [6.07, 6.45) is -1.88. The van der Waals surface area contributed by atoms with E-state index < -0.39 is 40.5 Å². The Kier molecular flexibility index (Phi) is 5.72. The molecule has 11 heteroatoms. The number of esters is 1. The Morgan fingerprint density at radius 2 is 1.91 bits per heavy atom. The molecule has 0 saturated heterocycles. The van der Waals surface area contributed by atoms with Gasteiger partial charge in [0, 0.05) is 30.9 Å². The third-order valence-electron chi connectivity index (χ3n) is 2.50. The van der Waals surface area contributed by atoms with Gasteiger partial charge in [0.25, 0.3) is 0 Å². The maximum atomic E-state index is 13.0. The highest BCUT2D eigenvalue weighted by Gasteiger charge is 2.47. The predicted molar refractivity (Wildman–Crippen MR) is 65.8 cm³/mol. The fourth-order valence-corrected chi connectivity index (χ4v) is 1.78. The summed E-state index contributed by atoms with van der Waals surface area (Å²) in [4.78, 5) is 22.1. The zero-order valence-electron chi connectivity index (χ0n) is 10.9. The SMILES string of the molecule is O=C(Cn1ccc(=O)cc1)OCCC(F)C(F)(F)S(=O)(=O)[O-]. The molecule has 1 aromatic rings. The minimum absolute atomic E-state index is 0.286. The van der Waals surface area contributed by atoms with E-state index in [-0.39, 0.29) is 12.0 Å². The van der Waals surface area contributed by atoms with E-state index in [4.69, 9.17) is 0 Å². The number of carbonyl (C=O) groups is 1. The summed E-state index contributed by atoms with van der Waals surface area (Å²) in [6, 6.07) is 2.34. The molecule has 0 amide bonds. The highest BCUT2D eigenvalue weighted by Crippen LogP contribution is 2.29. The Balaban J connectivity index is 2.45. The molecular formula is C11H11F3NO6S-. The van der Waals surface area contributed by atoms with E-state index in [1.165, 1.54) is 29.1 Å². The highest BCUT2D eigenvalue weighted by molar-refractivity contribution is 7.86. The van der Waals surface area contributed by atoms with E-state index in [1.807, 2.05) is 0 Å². The number of rotatable bonds is 7. The second kappa shape index (κ2) is 6.92. The average molecular weight is 342 g/mol. The molecule has 7 nitrogen and oxygen atoms in total. The lowest BCUT2D eigenvalue weighted by Crippen LogP contribution is -2.39. The van der Waals surface area contributed by atoms with E-state index in [2.05, 4.69) is 4.74 Å². The smallest absolute Gasteiger partial charge is 0.364 e. The van der Waals surface area contributed by atoms with Crippen molar-refractivity contribution in [1.29, 1.82) is 0 Å². The van der Waals surface area contributed by atoms with Gasteiger partial charge in [-0.15, -0.1) is 0 Å². The van der Waals surface area contributed by atoms with Crippen molar-refractivity contribution in [2.24, 2.45) is 0 Å². The first kappa shape index (κ1) is 18.2. The molecule has 0 radical (unpaired) electrons. The largest absolute Gasteiger partial charge is 0.743 e. The van der Waals surface area contributed by atoms with Crippen molar-refractivity contribution in [3.05, 3.63) is 34.7 Å². The number of hydrogen-bond acceptors (Lipinski definition) is 6. The molecule has 1 rings (SSSR count). The van der Waals surface area contributed by atoms with E-state index in [9.17, 15) is 35.7 Å². The molecule has 0 N–H and O–H groups in total. The number of hydrogen-bond donors (Lipinski definition) is 0. The van der Waals surface area contributed by atoms with Crippen LogP contribution < -0.4 is 5.43 Å². The zero-order valence-corrected chi connectivity index (χ0v) is 11.8. The minimum Gasteiger partial charge on any atom is -0.743 e. The molecule has 0 aliphatic carbocycles. The van der Waals surface area contributed by atoms with Crippen LogP contribution in [0.3, 0.4) is 0 Å². The van der Waals surface area contributed by atoms with E-state index in [0.717, 1.165) is 0 Å². The summed E-state index contributed by atoms with van der Waals surface area (Å²) < 4.78 is 74.8. The fourth-order valence-electron chi connectivity index (χ4n) is 1.34. The van der Waals surface area contributed by atoms with Gasteiger partial charge in [-0.25, -0.2) is 12.8 Å². The lowest BCUT2D eigenvalue weighted by molar-refractivity contribution is -0.145. The van der Waals surface area contributed by atoms with Crippen LogP contribution in [0.15, 0.2) is 29.3 Å². The van der Waals surface area contributed by atoms with Crippen LogP contribution in [-0.4, -0.2) is 41.5 Å². The number of carbonyl (C=O) groups excluding carboxylic acids is 1. The Bertz CT molecular complexity index is 667. The standard InChI is InChI=1S/C11H12F3NO6S/c12-9(11(13,14)22(18,19)20)3-6-21-10(17)7-15-4-1-8(16)2-5-15/h1-2,4-5,9H,3,6-7H2,(H,18,19,20)/p-1. The van der Waals surface area contributed by atoms with Gasteiger partial charge in [0.15, 0.2) is 21.7 Å². The summed E-state index contributed by atoms with van der Waals surface area (Å²) in [5, 5.41) is -5.09. The van der Waals surface area contributed by atoms with Gasteiger partial charge >= 0.3 is 11.2 Å². The molecule has 1 heterocycles. The van der Waals surface area contributed by atoms with Crippen LogP contribution in [0.25, 0.3) is 0 Å². The monoisotopic (exact) mass is 342 g/mol. The molecule has 0 aliphatic heterocycles. The van der Waals surface area contributed by atoms with E-state index in [0.29, 0.717) is 0 Å². The third-order valence-corrected chi connectivity index (χ3v) is 3.43. The molecule has 22 heavy (non-hydrogen) atoms. The normalized spacial score (nSPS) is 13.6. The van der Waals surface area contributed by atoms with Gasteiger partial charge in [-0.05, 0) is 0 Å². The van der Waals surface area contributed by atoms with Crippen LogP contribution in [0.2, 0.25) is 0 Å². The Morgan fingerprint density at radius 1 is 1.36 bits per heavy atom. The summed E-state index contributed by atoms with van der Waals surface area (Å²) in [7, 11) is -6.14. The van der Waals surface area contributed by atoms with Crippen molar-refractivity contribution in [1.82, 2.24) is 4.57 Å². The van der Waals surface area contributed by atoms with E-state index in [1.54, 1.807) is 0 Å². The Hall–Kier alpha value is -1.88. The van der Waals surface area contributed by atoms with Crippen LogP contribution in [-0.2, 0) is 26.2 Å². The lowest BCUT2D eigenvalue weighted by atomic mass is 10.3. The molecule has 1 aromatic heterocycles. The summed E-state index contributed by atoms with van der Waals surface area (Å²) in [5.74, 6) is -0.913. The number of pyridine rings is 1. The van der Waals surface area contributed by atoms with Gasteiger partial charge in [0.2, 0.25) is 0 Å². The maximum absolute atomic E-state index is 13.0. The average Bonchev–Trinajstić information content (AvgIpc) is 2.40. The quantitative estimate of drug-likeness (QED) is 0.520. The highest BCUT2D eigenvalue weighted by atomic mass is 32.2. The minimum atomic E-state index is -6.14. The number of nitrogens with zero attached hydrogens (tertiary/aromatic N) is 1. The number of ether oxygens (including phenoxy) is 1. The molecule has 0 aromatic carbocycles. The first-order valence-electron chi connectivity index (χ1n) is 5.83. The lowest BCUT2D eigenvalue weighted by Gasteiger charge is -2.23. The fraction of sp³-hybridized carbons (Fsp3) is 0.455. The first-order valence-corrected chi connectivity index (χ1v) is 7.24. The maximum Gasteiger partial charge on any atom is 0.364 e.